The molecule has 1 aromatic rings. The molecule has 2 bridgehead atoms. The summed E-state index contributed by atoms with van der Waals surface area (Å²) in [6.45, 7) is 3.21. The summed E-state index contributed by atoms with van der Waals surface area (Å²) in [5.74, 6) is -1.80. The van der Waals surface area contributed by atoms with E-state index in [-0.39, 0.29) is 18.2 Å². The Kier molecular flexibility index (Phi) is 5.81. The molecule has 2 heterocycles. The van der Waals surface area contributed by atoms with Gasteiger partial charge in [0, 0.05) is 24.4 Å². The predicted octanol–water partition coefficient (Wildman–Crippen LogP) is 0.592. The van der Waals surface area contributed by atoms with Crippen LogP contribution in [-0.4, -0.2) is 82.7 Å². The first-order chi connectivity index (χ1) is 17.0. The smallest absolute Gasteiger partial charge is 0.352 e. The molecule has 2 aliphatic heterocycles. The van der Waals surface area contributed by atoms with Crippen LogP contribution in [0.2, 0.25) is 0 Å². The number of esters is 2. The van der Waals surface area contributed by atoms with Crippen LogP contribution in [0.5, 0.6) is 5.75 Å². The fourth-order valence-corrected chi connectivity index (χ4v) is 6.42. The molecule has 4 aliphatic rings. The molecule has 1 spiro atoms. The van der Waals surface area contributed by atoms with E-state index in [1.54, 1.807) is 12.1 Å². The lowest BCUT2D eigenvalue weighted by atomic mass is 9.50. The van der Waals surface area contributed by atoms with Gasteiger partial charge in [0.1, 0.15) is 17.3 Å². The van der Waals surface area contributed by atoms with Crippen LogP contribution in [-0.2, 0) is 35.7 Å². The monoisotopic (exact) mass is 499 g/mol. The Balaban J connectivity index is 1.45. The van der Waals surface area contributed by atoms with Gasteiger partial charge in [-0.25, -0.2) is 9.59 Å². The van der Waals surface area contributed by atoms with E-state index < -0.39 is 53.5 Å². The molecule has 1 saturated heterocycles. The molecule has 0 amide bonds. The number of carbonyl (C=O) groups excluding carboxylic acids is 4. The van der Waals surface area contributed by atoms with Crippen molar-refractivity contribution in [3.8, 4) is 5.75 Å². The second kappa shape index (κ2) is 8.50. The summed E-state index contributed by atoms with van der Waals surface area (Å²) in [6, 6.07) is 3.42. The van der Waals surface area contributed by atoms with Gasteiger partial charge in [-0.1, -0.05) is 6.07 Å². The number of likely N-dealkylation sites (N-methyl/N-ethyl adjacent to an activating group) is 1. The highest BCUT2D eigenvalue weighted by atomic mass is 16.6. The quantitative estimate of drug-likeness (QED) is 0.405. The molecule has 0 radical (unpaired) electrons. The molecule has 1 fully saturated rings. The van der Waals surface area contributed by atoms with E-state index in [2.05, 4.69) is 4.90 Å². The summed E-state index contributed by atoms with van der Waals surface area (Å²) < 4.78 is 17.0. The molecule has 10 nitrogen and oxygen atoms in total. The zero-order valence-electron chi connectivity index (χ0n) is 20.4. The zero-order valence-corrected chi connectivity index (χ0v) is 20.4. The maximum atomic E-state index is 12.9. The summed E-state index contributed by atoms with van der Waals surface area (Å²) in [4.78, 5) is 50.0. The normalized spacial score (nSPS) is 31.3. The highest BCUT2D eigenvalue weighted by Gasteiger charge is 2.72. The molecule has 0 aromatic heterocycles. The minimum Gasteiger partial charge on any atom is -0.480 e. The maximum absolute atomic E-state index is 12.9. The number of piperidine rings is 1. The van der Waals surface area contributed by atoms with Gasteiger partial charge in [-0.3, -0.25) is 9.59 Å². The molecule has 10 heteroatoms. The minimum absolute atomic E-state index is 0.182. The van der Waals surface area contributed by atoms with Crippen molar-refractivity contribution in [1.29, 1.82) is 0 Å². The first kappa shape index (κ1) is 24.6. The van der Waals surface area contributed by atoms with E-state index in [9.17, 15) is 29.4 Å². The lowest BCUT2D eigenvalue weighted by Gasteiger charge is -2.61. The molecular weight excluding hydrogens is 470 g/mol. The number of rotatable bonds is 7. The molecule has 6 atom stereocenters. The van der Waals surface area contributed by atoms with Crippen LogP contribution in [0.1, 0.15) is 54.6 Å². The Morgan fingerprint density at radius 3 is 2.75 bits per heavy atom. The van der Waals surface area contributed by atoms with Gasteiger partial charge >= 0.3 is 11.9 Å². The van der Waals surface area contributed by atoms with Crippen LogP contribution in [0.3, 0.4) is 0 Å². The molecule has 2 N–H and O–H groups in total. The number of aldehydes is 1. The first-order valence-corrected chi connectivity index (χ1v) is 12.0. The van der Waals surface area contributed by atoms with Crippen molar-refractivity contribution in [2.24, 2.45) is 0 Å². The number of aliphatic hydroxyl groups is 2. The van der Waals surface area contributed by atoms with Crippen molar-refractivity contribution < 1.29 is 43.6 Å². The van der Waals surface area contributed by atoms with Crippen molar-refractivity contribution in [2.75, 3.05) is 13.6 Å². The average molecular weight is 500 g/mol. The fraction of sp³-hybridized carbons (Fsp3) is 0.538. The second-order valence-corrected chi connectivity index (χ2v) is 10.2. The topological polar surface area (TPSA) is 140 Å². The molecule has 0 saturated carbocycles. The Hall–Kier alpha value is -3.08. The molecule has 0 unspecified atom stereocenters. The summed E-state index contributed by atoms with van der Waals surface area (Å²) in [6.07, 6.45) is -0.621. The third-order valence-electron chi connectivity index (χ3n) is 8.13. The van der Waals surface area contributed by atoms with Crippen LogP contribution < -0.4 is 4.74 Å². The number of carbonyl (C=O) groups is 4. The number of nitrogens with zero attached hydrogens (tertiary/aromatic N) is 1. The molecule has 192 valence electrons. The third kappa shape index (κ3) is 3.35. The van der Waals surface area contributed by atoms with Crippen LogP contribution in [0.25, 0.3) is 0 Å². The number of aliphatic hydroxyl groups excluding tert-OH is 1. The van der Waals surface area contributed by atoms with Crippen molar-refractivity contribution >= 4 is 24.0 Å². The number of hydrogen-bond acceptors (Lipinski definition) is 10. The molecule has 1 aromatic carbocycles. The third-order valence-corrected chi connectivity index (χ3v) is 8.13. The average Bonchev–Trinajstić information content (AvgIpc) is 3.18. The van der Waals surface area contributed by atoms with E-state index in [0.717, 1.165) is 11.1 Å². The fourth-order valence-electron chi connectivity index (χ4n) is 6.42. The molecule has 36 heavy (non-hydrogen) atoms. The summed E-state index contributed by atoms with van der Waals surface area (Å²) in [7, 11) is 1.97. The Morgan fingerprint density at radius 1 is 1.31 bits per heavy atom. The maximum Gasteiger partial charge on any atom is 0.352 e. The van der Waals surface area contributed by atoms with Crippen molar-refractivity contribution in [2.45, 2.75) is 74.9 Å². The van der Waals surface area contributed by atoms with Gasteiger partial charge in [-0.2, -0.15) is 0 Å². The Labute approximate surface area is 207 Å². The molecule has 5 rings (SSSR count). The Morgan fingerprint density at radius 2 is 2.06 bits per heavy atom. The number of Topliss-reactive ketones (excluding diaryl/α,β-unsaturated/α-hetero) is 1. The van der Waals surface area contributed by atoms with E-state index in [4.69, 9.17) is 14.2 Å². The minimum atomic E-state index is -1.67. The number of ketones is 1. The van der Waals surface area contributed by atoms with Gasteiger partial charge in [0.2, 0.25) is 0 Å². The molecular formula is C26H29NO9. The SMILES string of the molecule is CC(=O)C[C@H](O)C(=O)O[C@@H](C)C(=O)OC1=CC[C@@]2(O)[C@H]3Cc4ccc(C=O)c5c4[C@@]2(CCN3C)[C@H]1O5. The van der Waals surface area contributed by atoms with Gasteiger partial charge < -0.3 is 29.3 Å². The summed E-state index contributed by atoms with van der Waals surface area (Å²) in [5.41, 5.74) is 0.0549. The van der Waals surface area contributed by atoms with Crippen molar-refractivity contribution in [3.05, 3.63) is 40.7 Å². The summed E-state index contributed by atoms with van der Waals surface area (Å²) in [5, 5.41) is 21.9. The number of hydrogen-bond donors (Lipinski definition) is 2. The van der Waals surface area contributed by atoms with E-state index >= 15 is 0 Å². The van der Waals surface area contributed by atoms with E-state index in [0.29, 0.717) is 37.0 Å². The second-order valence-electron chi connectivity index (χ2n) is 10.2. The standard InChI is InChI=1S/C26H29NO9/c1-13(29)10-17(30)24(32)34-14(2)23(31)35-18-6-7-26(33)19-11-15-4-5-16(12-28)21-20(15)25(26,22(18)36-21)8-9-27(19)3/h4-6,12,14,17,19,22,30,33H,7-11H2,1-3H3/t14-,17-,19+,22-,25-,26+/m0/s1. The largest absolute Gasteiger partial charge is 0.480 e. The lowest BCUT2D eigenvalue weighted by Crippen LogP contribution is -2.74. The van der Waals surface area contributed by atoms with E-state index in [1.807, 2.05) is 13.1 Å². The highest BCUT2D eigenvalue weighted by Crippen LogP contribution is 2.64. The van der Waals surface area contributed by atoms with Crippen molar-refractivity contribution in [3.63, 3.8) is 0 Å². The van der Waals surface area contributed by atoms with Gasteiger partial charge in [0.25, 0.3) is 0 Å². The van der Waals surface area contributed by atoms with Crippen LogP contribution in [0.15, 0.2) is 24.0 Å². The van der Waals surface area contributed by atoms with Crippen LogP contribution in [0.4, 0.5) is 0 Å². The first-order valence-electron chi connectivity index (χ1n) is 12.0. The number of likely N-dealkylation sites (tertiary alicyclic amines) is 1. The van der Waals surface area contributed by atoms with Gasteiger partial charge in [-0.05, 0) is 58.0 Å². The lowest BCUT2D eigenvalue weighted by molar-refractivity contribution is -0.178. The van der Waals surface area contributed by atoms with Gasteiger partial charge in [0.15, 0.2) is 24.6 Å². The summed E-state index contributed by atoms with van der Waals surface area (Å²) >= 11 is 0. The predicted molar refractivity (Wildman–Crippen MR) is 123 cm³/mol. The zero-order chi connectivity index (χ0) is 26.0. The van der Waals surface area contributed by atoms with Crippen LogP contribution >= 0.6 is 0 Å². The van der Waals surface area contributed by atoms with Gasteiger partial charge in [0.05, 0.1) is 16.6 Å². The van der Waals surface area contributed by atoms with E-state index in [1.165, 1.54) is 13.8 Å². The molecule has 2 aliphatic carbocycles. The Bertz CT molecular complexity index is 1190. The highest BCUT2D eigenvalue weighted by molar-refractivity contribution is 5.86. The number of benzene rings is 1. The van der Waals surface area contributed by atoms with Crippen LogP contribution in [0, 0.1) is 0 Å². The number of ether oxygens (including phenoxy) is 3. The van der Waals surface area contributed by atoms with Gasteiger partial charge in [-0.15, -0.1) is 0 Å². The van der Waals surface area contributed by atoms with Crippen molar-refractivity contribution in [1.82, 2.24) is 4.90 Å².